The molecule has 70 valence electrons. The van der Waals surface area contributed by atoms with Crippen molar-refractivity contribution in [2.45, 2.75) is 12.5 Å². The Morgan fingerprint density at radius 1 is 1.69 bits per heavy atom. The van der Waals surface area contributed by atoms with Crippen molar-refractivity contribution in [1.82, 2.24) is 4.90 Å². The number of aliphatic hydroxyl groups excluding tert-OH is 1. The molecule has 0 unspecified atom stereocenters. The average molecular weight is 197 g/mol. The summed E-state index contributed by atoms with van der Waals surface area (Å²) >= 11 is 1.52. The number of β-amino-alcohol motifs (C(OH)–C–C–N with tert-alkyl or cyclic N) is 1. The van der Waals surface area contributed by atoms with Gasteiger partial charge in [-0.25, -0.2) is 0 Å². The lowest BCUT2D eigenvalue weighted by atomic mass is 10.3. The fraction of sp³-hybridized carbons (Fsp3) is 0.444. The van der Waals surface area contributed by atoms with Crippen LogP contribution in [0.2, 0.25) is 0 Å². The lowest BCUT2D eigenvalue weighted by molar-refractivity contribution is 0.0765. The Labute approximate surface area is 80.6 Å². The first-order valence-corrected chi connectivity index (χ1v) is 5.21. The highest BCUT2D eigenvalue weighted by Gasteiger charge is 2.25. The number of likely N-dealkylation sites (tertiary alicyclic amines) is 1. The number of hydrogen-bond donors (Lipinski definition) is 1. The smallest absolute Gasteiger partial charge is 0.254 e. The van der Waals surface area contributed by atoms with Gasteiger partial charge in [0.15, 0.2) is 0 Å². The van der Waals surface area contributed by atoms with Crippen LogP contribution in [0.15, 0.2) is 16.8 Å². The van der Waals surface area contributed by atoms with Crippen molar-refractivity contribution in [3.63, 3.8) is 0 Å². The van der Waals surface area contributed by atoms with Gasteiger partial charge in [0.05, 0.1) is 11.7 Å². The fourth-order valence-electron chi connectivity index (χ4n) is 1.50. The minimum atomic E-state index is -0.331. The van der Waals surface area contributed by atoms with Crippen LogP contribution >= 0.6 is 11.3 Å². The highest BCUT2D eigenvalue weighted by Crippen LogP contribution is 2.15. The highest BCUT2D eigenvalue weighted by atomic mass is 32.1. The number of rotatable bonds is 1. The zero-order valence-corrected chi connectivity index (χ0v) is 7.96. The number of hydrogen-bond acceptors (Lipinski definition) is 3. The van der Waals surface area contributed by atoms with E-state index in [0.29, 0.717) is 19.5 Å². The van der Waals surface area contributed by atoms with Crippen molar-refractivity contribution in [3.05, 3.63) is 22.4 Å². The number of aliphatic hydroxyl groups is 1. The van der Waals surface area contributed by atoms with E-state index in [4.69, 9.17) is 0 Å². The van der Waals surface area contributed by atoms with Crippen LogP contribution in [0.3, 0.4) is 0 Å². The fourth-order valence-corrected chi connectivity index (χ4v) is 2.12. The summed E-state index contributed by atoms with van der Waals surface area (Å²) in [4.78, 5) is 13.4. The van der Waals surface area contributed by atoms with Crippen molar-refractivity contribution in [2.75, 3.05) is 13.1 Å². The Morgan fingerprint density at radius 2 is 2.54 bits per heavy atom. The van der Waals surface area contributed by atoms with Crippen LogP contribution in [0, 0.1) is 0 Å². The quantitative estimate of drug-likeness (QED) is 0.728. The first-order chi connectivity index (χ1) is 6.27. The number of nitrogens with zero attached hydrogens (tertiary/aromatic N) is 1. The van der Waals surface area contributed by atoms with E-state index in [2.05, 4.69) is 0 Å². The van der Waals surface area contributed by atoms with Crippen LogP contribution in [-0.4, -0.2) is 35.1 Å². The van der Waals surface area contributed by atoms with E-state index in [1.807, 2.05) is 16.8 Å². The van der Waals surface area contributed by atoms with Gasteiger partial charge in [-0.05, 0) is 17.9 Å². The molecule has 0 aliphatic carbocycles. The Morgan fingerprint density at radius 3 is 3.08 bits per heavy atom. The molecule has 1 N–H and O–H groups in total. The van der Waals surface area contributed by atoms with Crippen molar-refractivity contribution in [2.24, 2.45) is 0 Å². The molecule has 2 rings (SSSR count). The normalized spacial score (nSPS) is 22.2. The molecule has 0 bridgehead atoms. The lowest BCUT2D eigenvalue weighted by Gasteiger charge is -2.13. The van der Waals surface area contributed by atoms with E-state index in [9.17, 15) is 9.90 Å². The summed E-state index contributed by atoms with van der Waals surface area (Å²) < 4.78 is 0. The van der Waals surface area contributed by atoms with Gasteiger partial charge in [0.2, 0.25) is 0 Å². The summed E-state index contributed by atoms with van der Waals surface area (Å²) in [5, 5.41) is 13.0. The molecular weight excluding hydrogens is 186 g/mol. The summed E-state index contributed by atoms with van der Waals surface area (Å²) in [5.41, 5.74) is 0.735. The van der Waals surface area contributed by atoms with Gasteiger partial charge < -0.3 is 10.0 Å². The summed E-state index contributed by atoms with van der Waals surface area (Å²) in [6.07, 6.45) is 0.373. The molecule has 0 aromatic carbocycles. The zero-order chi connectivity index (χ0) is 9.26. The topological polar surface area (TPSA) is 40.5 Å². The van der Waals surface area contributed by atoms with Gasteiger partial charge in [-0.1, -0.05) is 0 Å². The molecule has 1 atom stereocenters. The number of carbonyl (C=O) groups excluding carboxylic acids is 1. The molecule has 1 aromatic heterocycles. The SMILES string of the molecule is O=C(c1ccsc1)N1CC[C@H](O)C1. The second-order valence-electron chi connectivity index (χ2n) is 3.21. The van der Waals surface area contributed by atoms with E-state index >= 15 is 0 Å². The Hall–Kier alpha value is -0.870. The molecule has 2 heterocycles. The molecule has 3 nitrogen and oxygen atoms in total. The maximum absolute atomic E-state index is 11.7. The lowest BCUT2D eigenvalue weighted by Crippen LogP contribution is -2.29. The number of carbonyl (C=O) groups is 1. The van der Waals surface area contributed by atoms with Crippen molar-refractivity contribution >= 4 is 17.2 Å². The van der Waals surface area contributed by atoms with Gasteiger partial charge in [-0.3, -0.25) is 4.79 Å². The first kappa shape index (κ1) is 8.72. The van der Waals surface area contributed by atoms with Crippen LogP contribution in [0.1, 0.15) is 16.8 Å². The Balaban J connectivity index is 2.06. The van der Waals surface area contributed by atoms with E-state index in [1.54, 1.807) is 4.90 Å². The second kappa shape index (κ2) is 3.47. The molecule has 0 radical (unpaired) electrons. The maximum atomic E-state index is 11.7. The van der Waals surface area contributed by atoms with Gasteiger partial charge in [0, 0.05) is 18.5 Å². The third-order valence-electron chi connectivity index (χ3n) is 2.22. The van der Waals surface area contributed by atoms with Crippen LogP contribution in [0.25, 0.3) is 0 Å². The standard InChI is InChI=1S/C9H11NO2S/c11-8-1-3-10(5-8)9(12)7-2-4-13-6-7/h2,4,6,8,11H,1,3,5H2/t8-/m0/s1. The Bertz CT molecular complexity index is 297. The van der Waals surface area contributed by atoms with Gasteiger partial charge >= 0.3 is 0 Å². The predicted octanol–water partition coefficient (Wildman–Crippen LogP) is 0.955. The van der Waals surface area contributed by atoms with Gasteiger partial charge in [0.25, 0.3) is 5.91 Å². The van der Waals surface area contributed by atoms with Crippen LogP contribution in [0.4, 0.5) is 0 Å². The predicted molar refractivity (Wildman–Crippen MR) is 50.8 cm³/mol. The van der Waals surface area contributed by atoms with Gasteiger partial charge in [-0.15, -0.1) is 0 Å². The molecule has 4 heteroatoms. The Kier molecular flexibility index (Phi) is 2.33. The second-order valence-corrected chi connectivity index (χ2v) is 3.99. The van der Waals surface area contributed by atoms with Crippen molar-refractivity contribution in [3.8, 4) is 0 Å². The summed E-state index contributed by atoms with van der Waals surface area (Å²) in [6, 6.07) is 1.82. The maximum Gasteiger partial charge on any atom is 0.254 e. The average Bonchev–Trinajstić information content (AvgIpc) is 2.72. The number of amides is 1. The van der Waals surface area contributed by atoms with Crippen LogP contribution in [0.5, 0.6) is 0 Å². The zero-order valence-electron chi connectivity index (χ0n) is 7.14. The van der Waals surface area contributed by atoms with E-state index < -0.39 is 0 Å². The number of thiophene rings is 1. The van der Waals surface area contributed by atoms with Gasteiger partial charge in [-0.2, -0.15) is 11.3 Å². The third-order valence-corrected chi connectivity index (χ3v) is 2.90. The highest BCUT2D eigenvalue weighted by molar-refractivity contribution is 7.08. The van der Waals surface area contributed by atoms with Crippen LogP contribution in [-0.2, 0) is 0 Å². The summed E-state index contributed by atoms with van der Waals surface area (Å²) in [7, 11) is 0. The molecule has 13 heavy (non-hydrogen) atoms. The molecule has 0 spiro atoms. The van der Waals surface area contributed by atoms with E-state index in [0.717, 1.165) is 5.56 Å². The molecular formula is C9H11NO2S. The minimum absolute atomic E-state index is 0.0396. The van der Waals surface area contributed by atoms with Gasteiger partial charge in [0.1, 0.15) is 0 Å². The largest absolute Gasteiger partial charge is 0.391 e. The molecule has 1 fully saturated rings. The molecule has 1 saturated heterocycles. The van der Waals surface area contributed by atoms with E-state index in [-0.39, 0.29) is 12.0 Å². The molecule has 1 aromatic rings. The first-order valence-electron chi connectivity index (χ1n) is 4.27. The van der Waals surface area contributed by atoms with E-state index in [1.165, 1.54) is 11.3 Å². The van der Waals surface area contributed by atoms with Crippen molar-refractivity contribution in [1.29, 1.82) is 0 Å². The summed E-state index contributed by atoms with van der Waals surface area (Å²) in [6.45, 7) is 1.16. The summed E-state index contributed by atoms with van der Waals surface area (Å²) in [5.74, 6) is 0.0396. The molecule has 1 aliphatic heterocycles. The molecule has 0 saturated carbocycles. The van der Waals surface area contributed by atoms with Crippen molar-refractivity contribution < 1.29 is 9.90 Å². The third kappa shape index (κ3) is 1.73. The minimum Gasteiger partial charge on any atom is -0.391 e. The molecule has 1 aliphatic rings. The monoisotopic (exact) mass is 197 g/mol. The van der Waals surface area contributed by atoms with Crippen LogP contribution < -0.4 is 0 Å². The molecule has 1 amide bonds.